The van der Waals surface area contributed by atoms with Gasteiger partial charge in [-0.05, 0) is 38.5 Å². The van der Waals surface area contributed by atoms with E-state index in [4.69, 9.17) is 19.9 Å². The molecule has 1 aliphatic heterocycles. The highest BCUT2D eigenvalue weighted by molar-refractivity contribution is 6.04. The molecule has 3 amide bonds. The fraction of sp³-hybridized carbons (Fsp3) is 0.440. The van der Waals surface area contributed by atoms with E-state index in [-0.39, 0.29) is 37.9 Å². The predicted octanol–water partition coefficient (Wildman–Crippen LogP) is 1.58. The first-order valence-electron chi connectivity index (χ1n) is 12.3. The van der Waals surface area contributed by atoms with Crippen LogP contribution in [0.1, 0.15) is 39.9 Å². The quantitative estimate of drug-likeness (QED) is 0.304. The molecule has 0 saturated carbocycles. The van der Waals surface area contributed by atoms with Crippen LogP contribution in [-0.4, -0.2) is 70.7 Å². The first-order valence-corrected chi connectivity index (χ1v) is 12.3. The SMILES string of the molecule is CCn1nc(C)cc1C(=O)Nc1nc2cc(C(N)=O)cc(OC)c2n1CCCNC(=O)OCC1(C#N)COC1. The Morgan fingerprint density at radius 1 is 1.28 bits per heavy atom. The summed E-state index contributed by atoms with van der Waals surface area (Å²) < 4.78 is 19.1. The van der Waals surface area contributed by atoms with E-state index in [9.17, 15) is 19.6 Å². The van der Waals surface area contributed by atoms with Crippen LogP contribution in [0.4, 0.5) is 10.7 Å². The van der Waals surface area contributed by atoms with Crippen LogP contribution in [-0.2, 0) is 22.6 Å². The summed E-state index contributed by atoms with van der Waals surface area (Å²) in [5, 5.41) is 19.0. The number of alkyl carbamates (subject to hydrolysis) is 1. The molecule has 1 aliphatic rings. The molecule has 1 saturated heterocycles. The molecule has 14 heteroatoms. The Morgan fingerprint density at radius 3 is 2.67 bits per heavy atom. The number of ether oxygens (including phenoxy) is 3. The molecule has 0 unspecified atom stereocenters. The maximum Gasteiger partial charge on any atom is 0.407 e. The third-order valence-electron chi connectivity index (χ3n) is 6.27. The summed E-state index contributed by atoms with van der Waals surface area (Å²) >= 11 is 0. The van der Waals surface area contributed by atoms with Gasteiger partial charge in [0.2, 0.25) is 11.9 Å². The molecule has 1 aromatic carbocycles. The van der Waals surface area contributed by atoms with Gasteiger partial charge < -0.3 is 29.8 Å². The van der Waals surface area contributed by atoms with E-state index in [0.717, 1.165) is 0 Å². The summed E-state index contributed by atoms with van der Waals surface area (Å²) in [7, 11) is 1.45. The van der Waals surface area contributed by atoms with Gasteiger partial charge in [-0.25, -0.2) is 9.78 Å². The molecule has 206 valence electrons. The average Bonchev–Trinajstić information content (AvgIpc) is 3.45. The molecule has 0 bridgehead atoms. The van der Waals surface area contributed by atoms with E-state index in [2.05, 4.69) is 26.8 Å². The van der Waals surface area contributed by atoms with Crippen LogP contribution in [0.15, 0.2) is 18.2 Å². The van der Waals surface area contributed by atoms with Crippen molar-refractivity contribution in [1.29, 1.82) is 5.26 Å². The van der Waals surface area contributed by atoms with E-state index < -0.39 is 23.3 Å². The molecular weight excluding hydrogens is 508 g/mol. The first-order chi connectivity index (χ1) is 18.7. The van der Waals surface area contributed by atoms with Crippen LogP contribution in [0, 0.1) is 23.7 Å². The normalized spacial score (nSPS) is 13.8. The molecule has 3 heterocycles. The maximum absolute atomic E-state index is 13.2. The van der Waals surface area contributed by atoms with E-state index in [0.29, 0.717) is 47.7 Å². The molecule has 0 atom stereocenters. The number of benzene rings is 1. The first kappa shape index (κ1) is 27.4. The number of methoxy groups -OCH3 is 1. The van der Waals surface area contributed by atoms with Crippen molar-refractivity contribution in [2.45, 2.75) is 33.4 Å². The Bertz CT molecular complexity index is 1450. The van der Waals surface area contributed by atoms with Crippen LogP contribution in [0.5, 0.6) is 5.75 Å². The number of aryl methyl sites for hydroxylation is 3. The lowest BCUT2D eigenvalue weighted by atomic mass is 9.89. The van der Waals surface area contributed by atoms with Gasteiger partial charge in [-0.15, -0.1) is 0 Å². The van der Waals surface area contributed by atoms with Gasteiger partial charge in [-0.3, -0.25) is 19.6 Å². The van der Waals surface area contributed by atoms with Crippen molar-refractivity contribution < 1.29 is 28.6 Å². The molecule has 1 fully saturated rings. The smallest absolute Gasteiger partial charge is 0.407 e. The van der Waals surface area contributed by atoms with E-state index in [1.165, 1.54) is 19.2 Å². The van der Waals surface area contributed by atoms with Crippen molar-refractivity contribution in [1.82, 2.24) is 24.6 Å². The van der Waals surface area contributed by atoms with Gasteiger partial charge in [-0.2, -0.15) is 10.4 Å². The predicted molar refractivity (Wildman–Crippen MR) is 138 cm³/mol. The molecule has 2 aromatic heterocycles. The van der Waals surface area contributed by atoms with Crippen LogP contribution in [0.3, 0.4) is 0 Å². The van der Waals surface area contributed by atoms with Crippen LogP contribution >= 0.6 is 0 Å². The van der Waals surface area contributed by atoms with Gasteiger partial charge in [0.05, 0.1) is 37.6 Å². The van der Waals surface area contributed by atoms with Crippen LogP contribution in [0.2, 0.25) is 0 Å². The highest BCUT2D eigenvalue weighted by Crippen LogP contribution is 2.31. The molecule has 4 N–H and O–H groups in total. The second-order valence-corrected chi connectivity index (χ2v) is 9.18. The Kier molecular flexibility index (Phi) is 8.01. The number of aromatic nitrogens is 4. The van der Waals surface area contributed by atoms with E-state index >= 15 is 0 Å². The van der Waals surface area contributed by atoms with Crippen molar-refractivity contribution in [3.05, 3.63) is 35.2 Å². The number of hydrogen-bond donors (Lipinski definition) is 3. The summed E-state index contributed by atoms with van der Waals surface area (Å²) in [6.45, 7) is 5.16. The zero-order valence-electron chi connectivity index (χ0n) is 21.9. The Labute approximate surface area is 224 Å². The monoisotopic (exact) mass is 538 g/mol. The number of nitriles is 1. The van der Waals surface area contributed by atoms with E-state index in [1.54, 1.807) is 22.2 Å². The summed E-state index contributed by atoms with van der Waals surface area (Å²) in [6.07, 6.45) is -0.213. The minimum Gasteiger partial charge on any atom is -0.494 e. The number of primary amides is 1. The van der Waals surface area contributed by atoms with Gasteiger partial charge in [0.15, 0.2) is 0 Å². The molecule has 4 rings (SSSR count). The number of nitrogens with zero attached hydrogens (tertiary/aromatic N) is 5. The number of anilines is 1. The van der Waals surface area contributed by atoms with Gasteiger partial charge in [0.1, 0.15) is 29.0 Å². The van der Waals surface area contributed by atoms with Gasteiger partial charge in [0, 0.05) is 25.2 Å². The Morgan fingerprint density at radius 2 is 2.05 bits per heavy atom. The van der Waals surface area contributed by atoms with Crippen LogP contribution < -0.4 is 21.1 Å². The fourth-order valence-corrected chi connectivity index (χ4v) is 4.19. The van der Waals surface area contributed by atoms with Gasteiger partial charge >= 0.3 is 6.09 Å². The second-order valence-electron chi connectivity index (χ2n) is 9.18. The van der Waals surface area contributed by atoms with Gasteiger partial charge in [-0.1, -0.05) is 0 Å². The minimum absolute atomic E-state index is 0.0507. The summed E-state index contributed by atoms with van der Waals surface area (Å²) in [5.41, 5.74) is 6.91. The highest BCUT2D eigenvalue weighted by atomic mass is 16.6. The number of carbonyl (C=O) groups excluding carboxylic acids is 3. The van der Waals surface area contributed by atoms with Crippen molar-refractivity contribution in [3.63, 3.8) is 0 Å². The summed E-state index contributed by atoms with van der Waals surface area (Å²) in [5.74, 6) is -0.483. The van der Waals surface area contributed by atoms with Crippen molar-refractivity contribution in [2.24, 2.45) is 11.1 Å². The number of amides is 3. The second kappa shape index (κ2) is 11.4. The third-order valence-corrected chi connectivity index (χ3v) is 6.27. The lowest BCUT2D eigenvalue weighted by Gasteiger charge is -2.33. The van der Waals surface area contributed by atoms with Gasteiger partial charge in [0.25, 0.3) is 5.91 Å². The number of imidazole rings is 1. The summed E-state index contributed by atoms with van der Waals surface area (Å²) in [4.78, 5) is 41.7. The largest absolute Gasteiger partial charge is 0.494 e. The lowest BCUT2D eigenvalue weighted by Crippen LogP contribution is -2.46. The molecule has 39 heavy (non-hydrogen) atoms. The number of rotatable bonds is 11. The average molecular weight is 539 g/mol. The Hall–Kier alpha value is -4.64. The van der Waals surface area contributed by atoms with Crippen molar-refractivity contribution in [3.8, 4) is 11.8 Å². The van der Waals surface area contributed by atoms with Crippen molar-refractivity contribution in [2.75, 3.05) is 38.8 Å². The molecule has 0 aliphatic carbocycles. The number of fused-ring (bicyclic) bond motifs is 1. The van der Waals surface area contributed by atoms with E-state index in [1.807, 2.05) is 6.92 Å². The number of hydrogen-bond acceptors (Lipinski definition) is 9. The Balaban J connectivity index is 1.53. The standard InChI is InChI=1S/C25H30N8O6/c1-4-33-18(8-15(2)31-33)22(35)30-23-29-17-9-16(21(27)34)10-19(37-3)20(17)32(23)7-5-6-28-24(36)39-14-25(11-26)12-38-13-25/h8-10H,4-7,12-14H2,1-3H3,(H2,27,34)(H,28,36)(H,29,30,35). The number of nitrogens with one attached hydrogen (secondary N) is 2. The molecular formula is C25H30N8O6. The third kappa shape index (κ3) is 5.78. The van der Waals surface area contributed by atoms with Crippen molar-refractivity contribution >= 4 is 34.9 Å². The highest BCUT2D eigenvalue weighted by Gasteiger charge is 2.40. The van der Waals surface area contributed by atoms with Crippen LogP contribution in [0.25, 0.3) is 11.0 Å². The topological polar surface area (TPSA) is 188 Å². The molecule has 14 nitrogen and oxygen atoms in total. The number of carbonyl (C=O) groups is 3. The fourth-order valence-electron chi connectivity index (χ4n) is 4.19. The lowest BCUT2D eigenvalue weighted by molar-refractivity contribution is -0.102. The maximum atomic E-state index is 13.2. The summed E-state index contributed by atoms with van der Waals surface area (Å²) in [6, 6.07) is 6.83. The molecule has 0 spiro atoms. The molecule has 3 aromatic rings. The molecule has 0 radical (unpaired) electrons. The zero-order chi connectivity index (χ0) is 28.2. The number of nitrogens with two attached hydrogens (primary N) is 1. The zero-order valence-corrected chi connectivity index (χ0v) is 21.9. The minimum atomic E-state index is -0.786.